The number of rotatable bonds is 2. The van der Waals surface area contributed by atoms with Gasteiger partial charge in [0.25, 0.3) is 5.92 Å². The first-order chi connectivity index (χ1) is 4.49. The standard InChI is InChI=1S/C7H11F2N/c1-6(2)3-10-4-7(8,9)5-10/h1,3-5H2,2H3. The molecule has 0 radical (unpaired) electrons. The molecule has 0 saturated carbocycles. The molecule has 58 valence electrons. The summed E-state index contributed by atoms with van der Waals surface area (Å²) in [6.07, 6.45) is 0. The maximum absolute atomic E-state index is 12.2. The fourth-order valence-corrected chi connectivity index (χ4v) is 1.10. The SMILES string of the molecule is C=C(C)CN1CC(F)(F)C1. The molecule has 0 N–H and O–H groups in total. The summed E-state index contributed by atoms with van der Waals surface area (Å²) in [5.41, 5.74) is 0.940. The minimum absolute atomic E-state index is 0.0974. The second-order valence-corrected chi connectivity index (χ2v) is 2.96. The van der Waals surface area contributed by atoms with E-state index < -0.39 is 5.92 Å². The summed E-state index contributed by atoms with van der Waals surface area (Å²) in [5.74, 6) is -2.44. The number of alkyl halides is 2. The van der Waals surface area contributed by atoms with Gasteiger partial charge >= 0.3 is 0 Å². The zero-order valence-corrected chi connectivity index (χ0v) is 6.03. The van der Waals surface area contributed by atoms with E-state index in [-0.39, 0.29) is 13.1 Å². The zero-order chi connectivity index (χ0) is 7.78. The Morgan fingerprint density at radius 2 is 2.10 bits per heavy atom. The Morgan fingerprint density at radius 1 is 1.60 bits per heavy atom. The molecule has 3 heteroatoms. The van der Waals surface area contributed by atoms with Crippen molar-refractivity contribution in [2.45, 2.75) is 12.8 Å². The number of likely N-dealkylation sites (tertiary alicyclic amines) is 1. The first-order valence-electron chi connectivity index (χ1n) is 3.24. The van der Waals surface area contributed by atoms with Crippen LogP contribution in [0.25, 0.3) is 0 Å². The lowest BCUT2D eigenvalue weighted by atomic mass is 10.1. The molecular weight excluding hydrogens is 136 g/mol. The number of halogens is 2. The van der Waals surface area contributed by atoms with Crippen molar-refractivity contribution in [3.63, 3.8) is 0 Å². The van der Waals surface area contributed by atoms with Crippen LogP contribution in [0.2, 0.25) is 0 Å². The maximum atomic E-state index is 12.2. The first kappa shape index (κ1) is 7.66. The molecule has 0 aromatic carbocycles. The van der Waals surface area contributed by atoms with Gasteiger partial charge < -0.3 is 0 Å². The van der Waals surface area contributed by atoms with E-state index in [1.54, 1.807) is 4.90 Å². The van der Waals surface area contributed by atoms with Gasteiger partial charge in [0, 0.05) is 6.54 Å². The normalized spacial score (nSPS) is 23.9. The van der Waals surface area contributed by atoms with Crippen LogP contribution in [-0.4, -0.2) is 30.5 Å². The Kier molecular flexibility index (Phi) is 1.77. The molecule has 1 aliphatic rings. The van der Waals surface area contributed by atoms with Gasteiger partial charge in [-0.3, -0.25) is 4.90 Å². The van der Waals surface area contributed by atoms with Gasteiger partial charge in [0.05, 0.1) is 13.1 Å². The lowest BCUT2D eigenvalue weighted by Gasteiger charge is -2.38. The molecule has 0 spiro atoms. The molecule has 1 rings (SSSR count). The van der Waals surface area contributed by atoms with Gasteiger partial charge in [0.1, 0.15) is 0 Å². The van der Waals surface area contributed by atoms with Crippen LogP contribution >= 0.6 is 0 Å². The molecule has 0 aliphatic carbocycles. The molecular formula is C7H11F2N. The third kappa shape index (κ3) is 1.77. The molecule has 1 aliphatic heterocycles. The van der Waals surface area contributed by atoms with Crippen LogP contribution in [0.15, 0.2) is 12.2 Å². The van der Waals surface area contributed by atoms with Crippen LogP contribution in [0.4, 0.5) is 8.78 Å². The van der Waals surface area contributed by atoms with Crippen molar-refractivity contribution in [1.29, 1.82) is 0 Å². The average molecular weight is 147 g/mol. The highest BCUT2D eigenvalue weighted by Gasteiger charge is 2.43. The smallest absolute Gasteiger partial charge is 0.272 e. The van der Waals surface area contributed by atoms with Crippen LogP contribution in [0.3, 0.4) is 0 Å². The Morgan fingerprint density at radius 3 is 2.40 bits per heavy atom. The fourth-order valence-electron chi connectivity index (χ4n) is 1.10. The van der Waals surface area contributed by atoms with Gasteiger partial charge in [-0.25, -0.2) is 8.78 Å². The lowest BCUT2D eigenvalue weighted by molar-refractivity contribution is -0.126. The molecule has 1 nitrogen and oxygen atoms in total. The highest BCUT2D eigenvalue weighted by atomic mass is 19.3. The van der Waals surface area contributed by atoms with Gasteiger partial charge in [-0.05, 0) is 6.92 Å². The van der Waals surface area contributed by atoms with E-state index in [1.807, 2.05) is 6.92 Å². The van der Waals surface area contributed by atoms with E-state index >= 15 is 0 Å². The molecule has 1 heterocycles. The average Bonchev–Trinajstić information content (AvgIpc) is 1.57. The monoisotopic (exact) mass is 147 g/mol. The predicted molar refractivity (Wildman–Crippen MR) is 36.2 cm³/mol. The first-order valence-corrected chi connectivity index (χ1v) is 3.24. The van der Waals surface area contributed by atoms with Crippen molar-refractivity contribution in [3.8, 4) is 0 Å². The van der Waals surface area contributed by atoms with Crippen LogP contribution in [-0.2, 0) is 0 Å². The molecule has 10 heavy (non-hydrogen) atoms. The van der Waals surface area contributed by atoms with E-state index in [0.29, 0.717) is 6.54 Å². The fraction of sp³-hybridized carbons (Fsp3) is 0.714. The predicted octanol–water partition coefficient (Wildman–Crippen LogP) is 1.51. The Balaban J connectivity index is 2.21. The Bertz CT molecular complexity index is 146. The van der Waals surface area contributed by atoms with E-state index in [0.717, 1.165) is 5.57 Å². The summed E-state index contributed by atoms with van der Waals surface area (Å²) >= 11 is 0. The van der Waals surface area contributed by atoms with Crippen LogP contribution in [0, 0.1) is 0 Å². The second-order valence-electron chi connectivity index (χ2n) is 2.96. The summed E-state index contributed by atoms with van der Waals surface area (Å²) in [7, 11) is 0. The minimum atomic E-state index is -2.44. The third-order valence-corrected chi connectivity index (χ3v) is 1.40. The van der Waals surface area contributed by atoms with Crippen LogP contribution in [0.5, 0.6) is 0 Å². The van der Waals surface area contributed by atoms with Crippen LogP contribution in [0.1, 0.15) is 6.92 Å². The Hall–Kier alpha value is -0.440. The van der Waals surface area contributed by atoms with Crippen molar-refractivity contribution < 1.29 is 8.78 Å². The summed E-state index contributed by atoms with van der Waals surface area (Å²) in [6, 6.07) is 0. The van der Waals surface area contributed by atoms with E-state index in [9.17, 15) is 8.78 Å². The zero-order valence-electron chi connectivity index (χ0n) is 6.03. The van der Waals surface area contributed by atoms with Gasteiger partial charge in [-0.1, -0.05) is 12.2 Å². The largest absolute Gasteiger partial charge is 0.287 e. The highest BCUT2D eigenvalue weighted by molar-refractivity contribution is 4.98. The second kappa shape index (κ2) is 2.31. The molecule has 1 fully saturated rings. The van der Waals surface area contributed by atoms with Gasteiger partial charge in [0.15, 0.2) is 0 Å². The van der Waals surface area contributed by atoms with Gasteiger partial charge in [0.2, 0.25) is 0 Å². The quantitative estimate of drug-likeness (QED) is 0.535. The molecule has 0 atom stereocenters. The summed E-state index contributed by atoms with van der Waals surface area (Å²) in [6.45, 7) is 5.89. The van der Waals surface area contributed by atoms with Crippen molar-refractivity contribution in [2.75, 3.05) is 19.6 Å². The highest BCUT2D eigenvalue weighted by Crippen LogP contribution is 2.26. The van der Waals surface area contributed by atoms with E-state index in [4.69, 9.17) is 0 Å². The molecule has 0 aromatic rings. The Labute approximate surface area is 59.3 Å². The van der Waals surface area contributed by atoms with Crippen LogP contribution < -0.4 is 0 Å². The number of hydrogen-bond acceptors (Lipinski definition) is 1. The lowest BCUT2D eigenvalue weighted by Crippen LogP contribution is -2.56. The minimum Gasteiger partial charge on any atom is -0.287 e. The number of hydrogen-bond donors (Lipinski definition) is 0. The van der Waals surface area contributed by atoms with Crippen molar-refractivity contribution in [3.05, 3.63) is 12.2 Å². The maximum Gasteiger partial charge on any atom is 0.272 e. The molecule has 0 bridgehead atoms. The topological polar surface area (TPSA) is 3.24 Å². The van der Waals surface area contributed by atoms with Gasteiger partial charge in [-0.2, -0.15) is 0 Å². The van der Waals surface area contributed by atoms with Crippen molar-refractivity contribution >= 4 is 0 Å². The van der Waals surface area contributed by atoms with E-state index in [2.05, 4.69) is 6.58 Å². The van der Waals surface area contributed by atoms with E-state index in [1.165, 1.54) is 0 Å². The van der Waals surface area contributed by atoms with Crippen molar-refractivity contribution in [2.24, 2.45) is 0 Å². The summed E-state index contributed by atoms with van der Waals surface area (Å²) in [5, 5.41) is 0. The third-order valence-electron chi connectivity index (χ3n) is 1.40. The summed E-state index contributed by atoms with van der Waals surface area (Å²) < 4.78 is 24.3. The van der Waals surface area contributed by atoms with Gasteiger partial charge in [-0.15, -0.1) is 0 Å². The number of nitrogens with zero attached hydrogens (tertiary/aromatic N) is 1. The molecule has 0 unspecified atom stereocenters. The van der Waals surface area contributed by atoms with Crippen molar-refractivity contribution in [1.82, 2.24) is 4.90 Å². The molecule has 0 amide bonds. The summed E-state index contributed by atoms with van der Waals surface area (Å²) in [4.78, 5) is 1.68. The molecule has 1 saturated heterocycles. The molecule has 0 aromatic heterocycles.